The number of carbonyl (C=O) groups excluding carboxylic acids is 2. The van der Waals surface area contributed by atoms with Crippen molar-refractivity contribution in [2.45, 2.75) is 18.6 Å². The van der Waals surface area contributed by atoms with Crippen molar-refractivity contribution in [1.82, 2.24) is 5.32 Å². The van der Waals surface area contributed by atoms with Crippen LogP contribution >= 0.6 is 0 Å². The molecule has 0 aliphatic carbocycles. The molecule has 0 spiro atoms. The summed E-state index contributed by atoms with van der Waals surface area (Å²) in [7, 11) is 0. The highest BCUT2D eigenvalue weighted by molar-refractivity contribution is 5.89. The summed E-state index contributed by atoms with van der Waals surface area (Å²) in [6.45, 7) is -0.0775. The number of carbonyl (C=O) groups is 2. The highest BCUT2D eigenvalue weighted by Gasteiger charge is 2.31. The third-order valence-electron chi connectivity index (χ3n) is 4.06. The molecule has 7 heteroatoms. The number of rotatable bonds is 5. The average Bonchev–Trinajstić information content (AvgIpc) is 2.65. The topological polar surface area (TPSA) is 64.6 Å². The Morgan fingerprint density at radius 2 is 1.92 bits per heavy atom. The van der Waals surface area contributed by atoms with Crippen molar-refractivity contribution < 1.29 is 27.8 Å². The van der Waals surface area contributed by atoms with E-state index in [9.17, 15) is 18.4 Å². The van der Waals surface area contributed by atoms with Gasteiger partial charge in [0.2, 0.25) is 5.91 Å². The van der Waals surface area contributed by atoms with Gasteiger partial charge in [-0.15, -0.1) is 0 Å². The lowest BCUT2D eigenvalue weighted by molar-refractivity contribution is -0.138. The molecule has 1 N–H and O–H groups in total. The maximum Gasteiger partial charge on any atom is 0.338 e. The molecular formula is C19H17F2NO4. The molecule has 0 bridgehead atoms. The second-order valence-electron chi connectivity index (χ2n) is 5.86. The molecule has 1 heterocycles. The summed E-state index contributed by atoms with van der Waals surface area (Å²) in [6.07, 6.45) is -0.233. The van der Waals surface area contributed by atoms with Gasteiger partial charge in [0.15, 0.2) is 11.6 Å². The number of esters is 1. The van der Waals surface area contributed by atoms with Crippen LogP contribution in [0.2, 0.25) is 0 Å². The Kier molecular flexibility index (Phi) is 5.58. The van der Waals surface area contributed by atoms with Crippen LogP contribution in [-0.2, 0) is 14.3 Å². The molecular weight excluding hydrogens is 344 g/mol. The second kappa shape index (κ2) is 8.05. The van der Waals surface area contributed by atoms with Gasteiger partial charge in [-0.25, -0.2) is 13.6 Å². The number of nitrogens with one attached hydrogen (secondary N) is 1. The van der Waals surface area contributed by atoms with E-state index >= 15 is 0 Å². The van der Waals surface area contributed by atoms with Crippen molar-refractivity contribution in [3.05, 3.63) is 71.3 Å². The largest absolute Gasteiger partial charge is 0.462 e. The van der Waals surface area contributed by atoms with E-state index < -0.39 is 29.7 Å². The van der Waals surface area contributed by atoms with Crippen LogP contribution in [0.3, 0.4) is 0 Å². The SMILES string of the molecule is O=C1COC(CCOC(=O)c2ccccc2)C(c2ccc(F)c(F)c2)N1. The van der Waals surface area contributed by atoms with E-state index in [2.05, 4.69) is 5.32 Å². The Hall–Kier alpha value is -2.80. The Bertz CT molecular complexity index is 797. The lowest BCUT2D eigenvalue weighted by Gasteiger charge is -2.32. The summed E-state index contributed by atoms with van der Waals surface area (Å²) in [5, 5.41) is 2.71. The van der Waals surface area contributed by atoms with E-state index in [1.807, 2.05) is 0 Å². The van der Waals surface area contributed by atoms with E-state index in [0.29, 0.717) is 17.5 Å². The molecule has 1 saturated heterocycles. The fraction of sp³-hybridized carbons (Fsp3) is 0.263. The lowest BCUT2D eigenvalue weighted by Crippen LogP contribution is -2.46. The summed E-state index contributed by atoms with van der Waals surface area (Å²) in [5.74, 6) is -2.78. The number of ether oxygens (including phenoxy) is 2. The van der Waals surface area contributed by atoms with Crippen LogP contribution in [0, 0.1) is 11.6 Å². The van der Waals surface area contributed by atoms with Gasteiger partial charge in [-0.1, -0.05) is 24.3 Å². The molecule has 0 radical (unpaired) electrons. The highest BCUT2D eigenvalue weighted by Crippen LogP contribution is 2.26. The van der Waals surface area contributed by atoms with Crippen molar-refractivity contribution >= 4 is 11.9 Å². The number of benzene rings is 2. The molecule has 2 aromatic carbocycles. The van der Waals surface area contributed by atoms with E-state index in [0.717, 1.165) is 12.1 Å². The summed E-state index contributed by atoms with van der Waals surface area (Å²) >= 11 is 0. The van der Waals surface area contributed by atoms with Crippen molar-refractivity contribution in [2.24, 2.45) is 0 Å². The third kappa shape index (κ3) is 4.23. The van der Waals surface area contributed by atoms with Gasteiger partial charge in [0.1, 0.15) is 6.61 Å². The molecule has 26 heavy (non-hydrogen) atoms. The predicted octanol–water partition coefficient (Wildman–Crippen LogP) is 2.77. The lowest BCUT2D eigenvalue weighted by atomic mass is 9.97. The molecule has 2 aromatic rings. The van der Waals surface area contributed by atoms with Crippen molar-refractivity contribution in [2.75, 3.05) is 13.2 Å². The zero-order chi connectivity index (χ0) is 18.5. The van der Waals surface area contributed by atoms with Gasteiger partial charge in [0.25, 0.3) is 0 Å². The van der Waals surface area contributed by atoms with E-state index in [1.54, 1.807) is 30.3 Å². The first-order valence-corrected chi connectivity index (χ1v) is 8.12. The standard InChI is InChI=1S/C19H17F2NO4/c20-14-7-6-13(10-15(14)21)18-16(26-11-17(23)22-18)8-9-25-19(24)12-4-2-1-3-5-12/h1-7,10,16,18H,8-9,11H2,(H,22,23). The molecule has 2 atom stereocenters. The number of hydrogen-bond donors (Lipinski definition) is 1. The molecule has 1 aliphatic rings. The van der Waals surface area contributed by atoms with Crippen LogP contribution in [0.1, 0.15) is 28.4 Å². The van der Waals surface area contributed by atoms with E-state index in [1.165, 1.54) is 6.07 Å². The zero-order valence-electron chi connectivity index (χ0n) is 13.8. The number of halogens is 2. The van der Waals surface area contributed by atoms with Crippen LogP contribution < -0.4 is 5.32 Å². The first kappa shape index (κ1) is 18.0. The normalized spacial score (nSPS) is 19.7. The molecule has 0 saturated carbocycles. The fourth-order valence-corrected chi connectivity index (χ4v) is 2.77. The third-order valence-corrected chi connectivity index (χ3v) is 4.06. The van der Waals surface area contributed by atoms with Crippen LogP contribution in [0.5, 0.6) is 0 Å². The molecule has 0 aromatic heterocycles. The Morgan fingerprint density at radius 1 is 1.15 bits per heavy atom. The summed E-state index contributed by atoms with van der Waals surface area (Å²) in [5.41, 5.74) is 0.818. The van der Waals surface area contributed by atoms with Gasteiger partial charge in [-0.3, -0.25) is 4.79 Å². The average molecular weight is 361 g/mol. The van der Waals surface area contributed by atoms with Gasteiger partial charge in [-0.05, 0) is 29.8 Å². The minimum Gasteiger partial charge on any atom is -0.462 e. The molecule has 1 fully saturated rings. The summed E-state index contributed by atoms with van der Waals surface area (Å²) in [4.78, 5) is 23.6. The molecule has 5 nitrogen and oxygen atoms in total. The highest BCUT2D eigenvalue weighted by atomic mass is 19.2. The quantitative estimate of drug-likeness (QED) is 0.832. The number of amides is 1. The second-order valence-corrected chi connectivity index (χ2v) is 5.86. The molecule has 1 amide bonds. The monoisotopic (exact) mass is 361 g/mol. The molecule has 1 aliphatic heterocycles. The fourth-order valence-electron chi connectivity index (χ4n) is 2.77. The molecule has 3 rings (SSSR count). The Balaban J connectivity index is 1.64. The number of morpholine rings is 1. The minimum absolute atomic E-state index is 0.0639. The van der Waals surface area contributed by atoms with E-state index in [-0.39, 0.29) is 19.1 Å². The zero-order valence-corrected chi connectivity index (χ0v) is 13.8. The van der Waals surface area contributed by atoms with Crippen molar-refractivity contribution in [3.8, 4) is 0 Å². The summed E-state index contributed by atoms with van der Waals surface area (Å²) < 4.78 is 37.4. The first-order valence-electron chi connectivity index (χ1n) is 8.12. The van der Waals surface area contributed by atoms with Crippen LogP contribution in [0.25, 0.3) is 0 Å². The Labute approximate surface area is 148 Å². The van der Waals surface area contributed by atoms with Gasteiger partial charge in [0, 0.05) is 6.42 Å². The molecule has 136 valence electrons. The van der Waals surface area contributed by atoms with Crippen molar-refractivity contribution in [1.29, 1.82) is 0 Å². The maximum atomic E-state index is 13.5. The minimum atomic E-state index is -1.00. The predicted molar refractivity (Wildman–Crippen MR) is 88.3 cm³/mol. The van der Waals surface area contributed by atoms with Crippen molar-refractivity contribution in [3.63, 3.8) is 0 Å². The summed E-state index contributed by atoms with van der Waals surface area (Å²) in [6, 6.07) is 11.3. The van der Waals surface area contributed by atoms with Crippen LogP contribution in [-0.4, -0.2) is 31.2 Å². The van der Waals surface area contributed by atoms with Crippen LogP contribution in [0.15, 0.2) is 48.5 Å². The van der Waals surface area contributed by atoms with Gasteiger partial charge >= 0.3 is 5.97 Å². The first-order chi connectivity index (χ1) is 12.5. The molecule has 2 unspecified atom stereocenters. The van der Waals surface area contributed by atoms with Gasteiger partial charge < -0.3 is 14.8 Å². The Morgan fingerprint density at radius 3 is 2.65 bits per heavy atom. The smallest absolute Gasteiger partial charge is 0.338 e. The van der Waals surface area contributed by atoms with Crippen LogP contribution in [0.4, 0.5) is 8.78 Å². The van der Waals surface area contributed by atoms with Gasteiger partial charge in [-0.2, -0.15) is 0 Å². The van der Waals surface area contributed by atoms with E-state index in [4.69, 9.17) is 9.47 Å². The maximum absolute atomic E-state index is 13.5. The van der Waals surface area contributed by atoms with Gasteiger partial charge in [0.05, 0.1) is 24.3 Å². The number of hydrogen-bond acceptors (Lipinski definition) is 4.